The second-order valence-electron chi connectivity index (χ2n) is 21.2. The van der Waals surface area contributed by atoms with Gasteiger partial charge in [0.15, 0.2) is 37.0 Å². The zero-order valence-electron chi connectivity index (χ0n) is 53.5. The van der Waals surface area contributed by atoms with Crippen molar-refractivity contribution in [2.45, 2.75) is 181 Å². The standard InChI is InChI=1S/C60H91N5O27/c1-36(67)63-51-55(89-42(7)73)53(87-40(5)71)48(34-85-38(3)69)91-59(51)83-28-26-81-24-22-79-20-17-61-57(77)44-30-45(32-47(31-44)65-46(33-50(75)76)16-14-12-10-9-11-13-15-19-66)58(78)62-18-21-80-23-25-82-27-29-84-60-52(64-37(2)68)56(90-43(8)74)54(88-41(6)72)49(92-60)35-86-39(4)70/h19,30-32,46,48-49,51-56,59-60,65H,9-18,20-29,33-35H2,1-8H3,(H,61,77)(H,62,78)(H,63,67)(H,64,68)(H,75,76)/t46?,48-,49+,51-,52+,53+,54-,55-,56+,59-,60+. The molecule has 2 saturated heterocycles. The van der Waals surface area contributed by atoms with E-state index in [1.807, 2.05) is 0 Å². The number of benzene rings is 1. The molecule has 4 amide bonds. The third kappa shape index (κ3) is 32.2. The molecule has 0 aromatic heterocycles. The Bertz CT molecular complexity index is 2400. The lowest BCUT2D eigenvalue weighted by Gasteiger charge is -2.44. The molecular formula is C60H91N5O27. The first-order valence-corrected chi connectivity index (χ1v) is 30.4. The Balaban J connectivity index is 1.57. The van der Waals surface area contributed by atoms with E-state index < -0.39 is 146 Å². The molecule has 32 heteroatoms. The van der Waals surface area contributed by atoms with E-state index in [1.165, 1.54) is 32.0 Å². The fraction of sp³-hybridized carbons (Fsp3) is 0.700. The van der Waals surface area contributed by atoms with Crippen LogP contribution in [0.15, 0.2) is 18.2 Å². The second-order valence-corrected chi connectivity index (χ2v) is 21.2. The van der Waals surface area contributed by atoms with Crippen molar-refractivity contribution in [2.24, 2.45) is 0 Å². The summed E-state index contributed by atoms with van der Waals surface area (Å²) in [6.07, 6.45) is -3.28. The second kappa shape index (κ2) is 44.1. The number of amides is 4. The van der Waals surface area contributed by atoms with Crippen LogP contribution in [0.2, 0.25) is 0 Å². The molecule has 0 bridgehead atoms. The van der Waals surface area contributed by atoms with Gasteiger partial charge in [-0.15, -0.1) is 0 Å². The minimum Gasteiger partial charge on any atom is -0.481 e. The minimum atomic E-state index is -1.30. The highest BCUT2D eigenvalue weighted by Gasteiger charge is 2.53. The number of esters is 6. The van der Waals surface area contributed by atoms with Crippen LogP contribution in [-0.4, -0.2) is 237 Å². The number of hydrogen-bond acceptors (Lipinski definition) is 27. The molecule has 1 unspecified atom stereocenters. The van der Waals surface area contributed by atoms with Gasteiger partial charge in [-0.05, 0) is 31.0 Å². The summed E-state index contributed by atoms with van der Waals surface area (Å²) in [6, 6.07) is 1.54. The number of carbonyl (C=O) groups is 12. The van der Waals surface area contributed by atoms with E-state index in [-0.39, 0.29) is 96.7 Å². The van der Waals surface area contributed by atoms with E-state index in [9.17, 15) is 62.6 Å². The van der Waals surface area contributed by atoms with Gasteiger partial charge < -0.3 is 103 Å². The average molecular weight is 1310 g/mol. The van der Waals surface area contributed by atoms with Crippen LogP contribution >= 0.6 is 0 Å². The molecule has 0 radical (unpaired) electrons. The molecule has 11 atom stereocenters. The smallest absolute Gasteiger partial charge is 0.305 e. The predicted octanol–water partition coefficient (Wildman–Crippen LogP) is 1.13. The van der Waals surface area contributed by atoms with Crippen molar-refractivity contribution in [2.75, 3.05) is 97.7 Å². The number of aldehydes is 1. The number of carboxylic acids is 1. The normalized spacial score (nSPS) is 21.2. The Morgan fingerprint density at radius 2 is 0.870 bits per heavy atom. The Morgan fingerprint density at radius 3 is 1.25 bits per heavy atom. The first-order valence-electron chi connectivity index (χ1n) is 30.4. The maximum atomic E-state index is 13.6. The van der Waals surface area contributed by atoms with Gasteiger partial charge in [-0.25, -0.2) is 0 Å². The number of carbonyl (C=O) groups excluding carboxylic acids is 11. The molecule has 32 nitrogen and oxygen atoms in total. The van der Waals surface area contributed by atoms with Gasteiger partial charge in [0.1, 0.15) is 43.8 Å². The van der Waals surface area contributed by atoms with Crippen LogP contribution in [0.5, 0.6) is 0 Å². The van der Waals surface area contributed by atoms with E-state index in [0.29, 0.717) is 24.9 Å². The number of hydrogen-bond donors (Lipinski definition) is 6. The van der Waals surface area contributed by atoms with Gasteiger partial charge in [0.25, 0.3) is 11.8 Å². The van der Waals surface area contributed by atoms with Gasteiger partial charge >= 0.3 is 41.8 Å². The molecule has 2 fully saturated rings. The molecule has 3 rings (SSSR count). The number of rotatable bonds is 45. The molecule has 2 aliphatic rings. The minimum absolute atomic E-state index is 0.0103. The molecular weight excluding hydrogens is 1220 g/mol. The fourth-order valence-electron chi connectivity index (χ4n) is 9.60. The Hall–Kier alpha value is -7.46. The van der Waals surface area contributed by atoms with Gasteiger partial charge in [-0.1, -0.05) is 32.1 Å². The molecule has 1 aromatic carbocycles. The molecule has 1 aromatic rings. The van der Waals surface area contributed by atoms with Crippen molar-refractivity contribution in [3.63, 3.8) is 0 Å². The summed E-state index contributed by atoms with van der Waals surface area (Å²) < 4.78 is 78.3. The van der Waals surface area contributed by atoms with Crippen LogP contribution in [-0.2, 0) is 114 Å². The fourth-order valence-corrected chi connectivity index (χ4v) is 9.60. The maximum absolute atomic E-state index is 13.6. The quantitative estimate of drug-likeness (QED) is 0.0231. The van der Waals surface area contributed by atoms with Crippen LogP contribution in [0.3, 0.4) is 0 Å². The summed E-state index contributed by atoms with van der Waals surface area (Å²) in [5.74, 6) is -7.60. The highest BCUT2D eigenvalue weighted by molar-refractivity contribution is 6.01. The number of unbranched alkanes of at least 4 members (excludes halogenated alkanes) is 6. The number of anilines is 1. The Kier molecular flexibility index (Phi) is 37.8. The van der Waals surface area contributed by atoms with E-state index in [4.69, 9.17) is 66.3 Å². The highest BCUT2D eigenvalue weighted by atomic mass is 16.7. The third-order valence-electron chi connectivity index (χ3n) is 13.3. The number of ether oxygens (including phenoxy) is 14. The van der Waals surface area contributed by atoms with Crippen LogP contribution < -0.4 is 26.6 Å². The van der Waals surface area contributed by atoms with Gasteiger partial charge in [0.2, 0.25) is 11.8 Å². The van der Waals surface area contributed by atoms with Crippen molar-refractivity contribution in [3.8, 4) is 0 Å². The van der Waals surface area contributed by atoms with Gasteiger partial charge in [0.05, 0.1) is 72.5 Å². The van der Waals surface area contributed by atoms with E-state index in [0.717, 1.165) is 79.9 Å². The zero-order valence-corrected chi connectivity index (χ0v) is 53.5. The maximum Gasteiger partial charge on any atom is 0.305 e. The third-order valence-corrected chi connectivity index (χ3v) is 13.3. The Morgan fingerprint density at radius 1 is 0.489 bits per heavy atom. The summed E-state index contributed by atoms with van der Waals surface area (Å²) in [6.45, 7) is 8.68. The molecule has 2 aliphatic heterocycles. The highest BCUT2D eigenvalue weighted by Crippen LogP contribution is 2.30. The number of aliphatic carboxylic acids is 1. The van der Waals surface area contributed by atoms with Crippen LogP contribution in [0.4, 0.5) is 5.69 Å². The summed E-state index contributed by atoms with van der Waals surface area (Å²) in [7, 11) is 0. The molecule has 2 heterocycles. The van der Waals surface area contributed by atoms with Crippen LogP contribution in [0, 0.1) is 0 Å². The van der Waals surface area contributed by atoms with Crippen molar-refractivity contribution < 1.29 is 129 Å². The van der Waals surface area contributed by atoms with Crippen molar-refractivity contribution in [1.82, 2.24) is 21.3 Å². The largest absolute Gasteiger partial charge is 0.481 e. The molecule has 0 saturated carbocycles. The monoisotopic (exact) mass is 1310 g/mol. The lowest BCUT2D eigenvalue weighted by atomic mass is 9.96. The molecule has 6 N–H and O–H groups in total. The summed E-state index contributed by atoms with van der Waals surface area (Å²) >= 11 is 0. The van der Waals surface area contributed by atoms with E-state index in [2.05, 4.69) is 26.6 Å². The molecule has 518 valence electrons. The van der Waals surface area contributed by atoms with Crippen molar-refractivity contribution in [1.29, 1.82) is 0 Å². The summed E-state index contributed by atoms with van der Waals surface area (Å²) in [5.41, 5.74) is 0.503. The number of nitrogens with one attached hydrogen (secondary N) is 5. The molecule has 92 heavy (non-hydrogen) atoms. The summed E-state index contributed by atoms with van der Waals surface area (Å²) in [4.78, 5) is 146. The van der Waals surface area contributed by atoms with E-state index >= 15 is 0 Å². The summed E-state index contributed by atoms with van der Waals surface area (Å²) in [5, 5.41) is 23.7. The number of carboxylic acid groups (broad SMARTS) is 1. The van der Waals surface area contributed by atoms with E-state index in [1.54, 1.807) is 0 Å². The first kappa shape index (κ1) is 78.8. The van der Waals surface area contributed by atoms with Crippen LogP contribution in [0.1, 0.15) is 134 Å². The topological polar surface area (TPSA) is 414 Å². The Labute approximate surface area is 533 Å². The van der Waals surface area contributed by atoms with Crippen LogP contribution in [0.25, 0.3) is 0 Å². The lowest BCUT2D eigenvalue weighted by molar-refractivity contribution is -0.279. The van der Waals surface area contributed by atoms with Gasteiger partial charge in [-0.2, -0.15) is 0 Å². The van der Waals surface area contributed by atoms with Crippen molar-refractivity contribution >= 4 is 77.4 Å². The predicted molar refractivity (Wildman–Crippen MR) is 317 cm³/mol. The van der Waals surface area contributed by atoms with Crippen molar-refractivity contribution in [3.05, 3.63) is 29.3 Å². The molecule has 0 aliphatic carbocycles. The molecule has 0 spiro atoms. The SMILES string of the molecule is CC(=O)N[C@@H]1[C@@H](OCCOCCOCCNC(=O)c2cc(NC(CCCCCCCCC=O)CC(=O)O)cc(C(=O)NCCOCCOCCO[C@@H]3O[C@H](COC(C)=O)[C@H](OC(C)=O)[C@H](OC(C)=O)[C@H]3NC(C)=O)c2)O[C@@H](COC(C)=O)[C@@H](OC(C)=O)[C@H]1OC(C)=O. The lowest BCUT2D eigenvalue weighted by Crippen LogP contribution is -2.66. The van der Waals surface area contributed by atoms with Gasteiger partial charge in [-0.3, -0.25) is 52.7 Å². The zero-order chi connectivity index (χ0) is 68.0. The first-order chi connectivity index (χ1) is 43.9. The average Bonchev–Trinajstić information content (AvgIpc) is 0.803. The van der Waals surface area contributed by atoms with Gasteiger partial charge in [0, 0.05) is 97.8 Å².